The van der Waals surface area contributed by atoms with Crippen LogP contribution in [0.3, 0.4) is 0 Å². The minimum atomic E-state index is -1.58. The van der Waals surface area contributed by atoms with Crippen molar-refractivity contribution in [1.29, 1.82) is 0 Å². The summed E-state index contributed by atoms with van der Waals surface area (Å²) in [6.07, 6.45) is 0. The van der Waals surface area contributed by atoms with Crippen molar-refractivity contribution in [2.75, 3.05) is 5.32 Å². The van der Waals surface area contributed by atoms with E-state index >= 15 is 0 Å². The Labute approximate surface area is 105 Å². The van der Waals surface area contributed by atoms with Crippen LogP contribution in [0.5, 0.6) is 0 Å². The third kappa shape index (κ3) is 1.31. The monoisotopic (exact) mass is 239 g/mol. The standard InChI is InChI=1S/C15H13NO2/c1-10-6-5-9-12-13(10)16-14(17)15(12,18)11-7-3-2-4-8-11/h2-9,18H,1H3,(H,16,17). The van der Waals surface area contributed by atoms with Crippen LogP contribution in [0, 0.1) is 6.92 Å². The molecule has 3 rings (SSSR count). The topological polar surface area (TPSA) is 49.3 Å². The number of amides is 1. The van der Waals surface area contributed by atoms with Gasteiger partial charge in [0.1, 0.15) is 0 Å². The maximum atomic E-state index is 12.1. The van der Waals surface area contributed by atoms with Crippen molar-refractivity contribution in [3.05, 3.63) is 65.2 Å². The van der Waals surface area contributed by atoms with Crippen LogP contribution in [0.2, 0.25) is 0 Å². The van der Waals surface area contributed by atoms with Crippen molar-refractivity contribution in [2.24, 2.45) is 0 Å². The first kappa shape index (κ1) is 11.0. The fourth-order valence-electron chi connectivity index (χ4n) is 2.43. The zero-order chi connectivity index (χ0) is 12.8. The van der Waals surface area contributed by atoms with Gasteiger partial charge in [0.15, 0.2) is 5.60 Å². The van der Waals surface area contributed by atoms with Gasteiger partial charge >= 0.3 is 0 Å². The van der Waals surface area contributed by atoms with Gasteiger partial charge in [-0.15, -0.1) is 0 Å². The minimum absolute atomic E-state index is 0.391. The molecule has 0 aliphatic carbocycles. The number of para-hydroxylation sites is 1. The van der Waals surface area contributed by atoms with Gasteiger partial charge in [-0.25, -0.2) is 0 Å². The molecule has 0 radical (unpaired) electrons. The van der Waals surface area contributed by atoms with Crippen LogP contribution < -0.4 is 5.32 Å². The van der Waals surface area contributed by atoms with Crippen molar-refractivity contribution >= 4 is 11.6 Å². The average Bonchev–Trinajstić information content (AvgIpc) is 2.66. The molecule has 3 nitrogen and oxygen atoms in total. The van der Waals surface area contributed by atoms with Gasteiger partial charge in [0.25, 0.3) is 5.91 Å². The summed E-state index contributed by atoms with van der Waals surface area (Å²) in [7, 11) is 0. The smallest absolute Gasteiger partial charge is 0.265 e. The van der Waals surface area contributed by atoms with Crippen molar-refractivity contribution in [3.63, 3.8) is 0 Å². The largest absolute Gasteiger partial charge is 0.372 e. The summed E-state index contributed by atoms with van der Waals surface area (Å²) in [5.41, 5.74) is 1.30. The molecule has 2 N–H and O–H groups in total. The van der Waals surface area contributed by atoms with Crippen molar-refractivity contribution in [1.82, 2.24) is 0 Å². The molecule has 0 spiro atoms. The Bertz CT molecular complexity index is 622. The van der Waals surface area contributed by atoms with E-state index in [2.05, 4.69) is 5.32 Å². The zero-order valence-corrected chi connectivity index (χ0v) is 9.97. The van der Waals surface area contributed by atoms with Crippen LogP contribution in [0.1, 0.15) is 16.7 Å². The van der Waals surface area contributed by atoms with E-state index in [-0.39, 0.29) is 0 Å². The molecule has 0 saturated heterocycles. The Morgan fingerprint density at radius 1 is 1.06 bits per heavy atom. The molecular formula is C15H13NO2. The Balaban J connectivity index is 2.26. The summed E-state index contributed by atoms with van der Waals surface area (Å²) >= 11 is 0. The summed E-state index contributed by atoms with van der Waals surface area (Å²) in [5.74, 6) is -0.391. The van der Waals surface area contributed by atoms with Crippen molar-refractivity contribution in [3.8, 4) is 0 Å². The number of nitrogens with one attached hydrogen (secondary N) is 1. The third-order valence-electron chi connectivity index (χ3n) is 3.42. The number of rotatable bonds is 1. The maximum absolute atomic E-state index is 12.1. The van der Waals surface area contributed by atoms with Crippen LogP contribution in [0.4, 0.5) is 5.69 Å². The number of hydrogen-bond donors (Lipinski definition) is 2. The van der Waals surface area contributed by atoms with Crippen LogP contribution >= 0.6 is 0 Å². The Morgan fingerprint density at radius 2 is 1.78 bits per heavy atom. The van der Waals surface area contributed by atoms with Crippen LogP contribution in [0.15, 0.2) is 48.5 Å². The second kappa shape index (κ2) is 3.68. The Morgan fingerprint density at radius 3 is 2.50 bits per heavy atom. The summed E-state index contributed by atoms with van der Waals surface area (Å²) in [4.78, 5) is 12.1. The SMILES string of the molecule is Cc1cccc2c1NC(=O)C2(O)c1ccccc1. The molecule has 2 aromatic carbocycles. The van der Waals surface area contributed by atoms with E-state index in [4.69, 9.17) is 0 Å². The molecule has 18 heavy (non-hydrogen) atoms. The lowest BCUT2D eigenvalue weighted by molar-refractivity contribution is -0.129. The average molecular weight is 239 g/mol. The summed E-state index contributed by atoms with van der Waals surface area (Å²) in [5, 5.41) is 13.6. The predicted molar refractivity (Wildman–Crippen MR) is 69.2 cm³/mol. The number of fused-ring (bicyclic) bond motifs is 1. The summed E-state index contributed by atoms with van der Waals surface area (Å²) in [6.45, 7) is 1.91. The van der Waals surface area contributed by atoms with E-state index in [0.29, 0.717) is 16.8 Å². The van der Waals surface area contributed by atoms with Crippen LogP contribution in [0.25, 0.3) is 0 Å². The first-order valence-corrected chi connectivity index (χ1v) is 5.83. The lowest BCUT2D eigenvalue weighted by Crippen LogP contribution is -2.35. The Hall–Kier alpha value is -2.13. The molecule has 3 heteroatoms. The van der Waals surface area contributed by atoms with E-state index in [1.807, 2.05) is 37.3 Å². The predicted octanol–water partition coefficient (Wildman–Crippen LogP) is 2.18. The first-order valence-electron chi connectivity index (χ1n) is 5.83. The highest BCUT2D eigenvalue weighted by Crippen LogP contribution is 2.41. The lowest BCUT2D eigenvalue weighted by atomic mass is 9.87. The number of hydrogen-bond acceptors (Lipinski definition) is 2. The lowest BCUT2D eigenvalue weighted by Gasteiger charge is -2.21. The molecule has 1 unspecified atom stereocenters. The third-order valence-corrected chi connectivity index (χ3v) is 3.42. The normalized spacial score (nSPS) is 21.6. The van der Waals surface area contributed by atoms with Crippen molar-refractivity contribution < 1.29 is 9.90 Å². The fraction of sp³-hybridized carbons (Fsp3) is 0.133. The highest BCUT2D eigenvalue weighted by molar-refractivity contribution is 6.07. The van der Waals surface area contributed by atoms with Gasteiger partial charge in [0.05, 0.1) is 5.69 Å². The summed E-state index contributed by atoms with van der Waals surface area (Å²) < 4.78 is 0. The summed E-state index contributed by atoms with van der Waals surface area (Å²) in [6, 6.07) is 14.6. The number of aryl methyl sites for hydroxylation is 1. The molecule has 1 amide bonds. The number of carbonyl (C=O) groups is 1. The second-order valence-electron chi connectivity index (χ2n) is 4.53. The molecule has 1 heterocycles. The quantitative estimate of drug-likeness (QED) is 0.801. The van der Waals surface area contributed by atoms with Crippen molar-refractivity contribution in [2.45, 2.75) is 12.5 Å². The van der Waals surface area contributed by atoms with E-state index in [1.54, 1.807) is 18.2 Å². The zero-order valence-electron chi connectivity index (χ0n) is 9.97. The molecule has 0 fully saturated rings. The highest BCUT2D eigenvalue weighted by atomic mass is 16.3. The molecule has 1 atom stereocenters. The molecule has 2 aromatic rings. The molecule has 1 aliphatic heterocycles. The maximum Gasteiger partial charge on any atom is 0.265 e. The van der Waals surface area contributed by atoms with Gasteiger partial charge in [0.2, 0.25) is 0 Å². The van der Waals surface area contributed by atoms with Gasteiger partial charge in [-0.1, -0.05) is 48.5 Å². The molecular weight excluding hydrogens is 226 g/mol. The second-order valence-corrected chi connectivity index (χ2v) is 4.53. The molecule has 0 aromatic heterocycles. The van der Waals surface area contributed by atoms with Crippen LogP contribution in [-0.2, 0) is 10.4 Å². The van der Waals surface area contributed by atoms with Gasteiger partial charge in [0, 0.05) is 5.56 Å². The number of aliphatic hydroxyl groups is 1. The van der Waals surface area contributed by atoms with Gasteiger partial charge < -0.3 is 10.4 Å². The van der Waals surface area contributed by atoms with E-state index < -0.39 is 11.5 Å². The minimum Gasteiger partial charge on any atom is -0.372 e. The van der Waals surface area contributed by atoms with E-state index in [0.717, 1.165) is 5.56 Å². The van der Waals surface area contributed by atoms with Gasteiger partial charge in [-0.2, -0.15) is 0 Å². The number of benzene rings is 2. The van der Waals surface area contributed by atoms with E-state index in [9.17, 15) is 9.90 Å². The number of carbonyl (C=O) groups excluding carboxylic acids is 1. The molecule has 1 aliphatic rings. The van der Waals surface area contributed by atoms with Gasteiger partial charge in [-0.05, 0) is 18.1 Å². The van der Waals surface area contributed by atoms with Crippen LogP contribution in [-0.4, -0.2) is 11.0 Å². The first-order chi connectivity index (χ1) is 8.64. The molecule has 0 saturated carbocycles. The fourth-order valence-corrected chi connectivity index (χ4v) is 2.43. The van der Waals surface area contributed by atoms with Gasteiger partial charge in [-0.3, -0.25) is 4.79 Å². The molecule has 0 bridgehead atoms. The Kier molecular flexibility index (Phi) is 2.25. The number of anilines is 1. The highest BCUT2D eigenvalue weighted by Gasteiger charge is 2.46. The molecule has 90 valence electrons. The van der Waals surface area contributed by atoms with E-state index in [1.165, 1.54) is 0 Å².